The average Bonchev–Trinajstić information content (AvgIpc) is 2.74. The van der Waals surface area contributed by atoms with E-state index in [1.807, 2.05) is 0 Å². The third-order valence-electron chi connectivity index (χ3n) is 3.13. The van der Waals surface area contributed by atoms with E-state index in [1.54, 1.807) is 42.5 Å². The van der Waals surface area contributed by atoms with E-state index < -0.39 is 11.8 Å². The topological polar surface area (TPSA) is 67.3 Å². The van der Waals surface area contributed by atoms with E-state index in [0.717, 1.165) is 4.90 Å². The van der Waals surface area contributed by atoms with Gasteiger partial charge in [0.15, 0.2) is 0 Å². The van der Waals surface area contributed by atoms with Gasteiger partial charge in [0.2, 0.25) is 5.78 Å². The molecule has 0 radical (unpaired) electrons. The van der Waals surface area contributed by atoms with Crippen LogP contribution < -0.4 is 0 Å². The number of Topliss-reactive ketones (excluding diaryl/α,β-unsaturated/α-hetero) is 1. The molecule has 1 aliphatic heterocycles. The number of benzene rings is 1. The molecule has 2 aromatic rings. The molecule has 0 bridgehead atoms. The number of rotatable bonds is 3. The van der Waals surface area contributed by atoms with Crippen molar-refractivity contribution in [3.05, 3.63) is 65.5 Å². The Morgan fingerprint density at radius 1 is 0.950 bits per heavy atom. The molecule has 1 aliphatic rings. The highest BCUT2D eigenvalue weighted by atomic mass is 16.2. The molecule has 0 unspecified atom stereocenters. The Morgan fingerprint density at radius 2 is 1.55 bits per heavy atom. The summed E-state index contributed by atoms with van der Waals surface area (Å²) in [6, 6.07) is 11.5. The van der Waals surface area contributed by atoms with E-state index in [0.29, 0.717) is 11.1 Å². The predicted octanol–water partition coefficient (Wildman–Crippen LogP) is 1.56. The van der Waals surface area contributed by atoms with Crippen LogP contribution in [0, 0.1) is 0 Å². The van der Waals surface area contributed by atoms with Crippen molar-refractivity contribution in [2.45, 2.75) is 0 Å². The fourth-order valence-corrected chi connectivity index (χ4v) is 2.14. The molecule has 1 aromatic heterocycles. The Hall–Kier alpha value is -2.82. The van der Waals surface area contributed by atoms with E-state index in [4.69, 9.17) is 0 Å². The number of fused-ring (bicyclic) bond motifs is 1. The summed E-state index contributed by atoms with van der Waals surface area (Å²) in [5.74, 6) is -1.23. The monoisotopic (exact) mass is 266 g/mol. The summed E-state index contributed by atoms with van der Waals surface area (Å²) in [5, 5.41) is 0. The largest absolute Gasteiger partial charge is 0.290 e. The van der Waals surface area contributed by atoms with E-state index in [2.05, 4.69) is 4.98 Å². The van der Waals surface area contributed by atoms with Gasteiger partial charge in [0.1, 0.15) is 5.69 Å². The number of carbonyl (C=O) groups excluding carboxylic acids is 3. The molecule has 98 valence electrons. The summed E-state index contributed by atoms with van der Waals surface area (Å²) in [6.45, 7) is -0.288. The van der Waals surface area contributed by atoms with Gasteiger partial charge in [0.25, 0.3) is 11.8 Å². The highest BCUT2D eigenvalue weighted by Crippen LogP contribution is 2.22. The third kappa shape index (κ3) is 1.89. The normalized spacial score (nSPS) is 13.5. The van der Waals surface area contributed by atoms with Crippen LogP contribution in [0.15, 0.2) is 48.7 Å². The lowest BCUT2D eigenvalue weighted by atomic mass is 10.1. The van der Waals surface area contributed by atoms with E-state index in [-0.39, 0.29) is 18.0 Å². The number of carbonyl (C=O) groups is 3. The number of pyridine rings is 1. The summed E-state index contributed by atoms with van der Waals surface area (Å²) in [5.41, 5.74) is 0.918. The van der Waals surface area contributed by atoms with Crippen LogP contribution in [0.1, 0.15) is 31.2 Å². The molecule has 2 heterocycles. The van der Waals surface area contributed by atoms with Crippen molar-refractivity contribution in [3.63, 3.8) is 0 Å². The van der Waals surface area contributed by atoms with Crippen LogP contribution in [0.3, 0.4) is 0 Å². The van der Waals surface area contributed by atoms with Crippen molar-refractivity contribution in [3.8, 4) is 0 Å². The van der Waals surface area contributed by atoms with Crippen LogP contribution in [0.25, 0.3) is 0 Å². The highest BCUT2D eigenvalue weighted by Gasteiger charge is 2.36. The van der Waals surface area contributed by atoms with Gasteiger partial charge in [-0.15, -0.1) is 0 Å². The Morgan fingerprint density at radius 3 is 2.10 bits per heavy atom. The molecule has 2 amide bonds. The highest BCUT2D eigenvalue weighted by molar-refractivity contribution is 6.22. The van der Waals surface area contributed by atoms with Crippen LogP contribution in [-0.4, -0.2) is 34.0 Å². The maximum absolute atomic E-state index is 12.1. The van der Waals surface area contributed by atoms with Crippen LogP contribution in [0.4, 0.5) is 0 Å². The second kappa shape index (κ2) is 4.70. The number of aromatic nitrogens is 1. The summed E-state index contributed by atoms with van der Waals surface area (Å²) in [6.07, 6.45) is 1.50. The van der Waals surface area contributed by atoms with Gasteiger partial charge in [-0.3, -0.25) is 24.3 Å². The van der Waals surface area contributed by atoms with E-state index >= 15 is 0 Å². The molecular weight excluding hydrogens is 256 g/mol. The van der Waals surface area contributed by atoms with Crippen LogP contribution in [0.2, 0.25) is 0 Å². The van der Waals surface area contributed by atoms with Crippen LogP contribution in [-0.2, 0) is 0 Å². The molecule has 5 heteroatoms. The number of imide groups is 1. The molecule has 0 saturated heterocycles. The minimum absolute atomic E-state index is 0.240. The van der Waals surface area contributed by atoms with Crippen molar-refractivity contribution in [1.82, 2.24) is 9.88 Å². The van der Waals surface area contributed by atoms with Crippen molar-refractivity contribution < 1.29 is 14.4 Å². The number of ketones is 1. The molecule has 5 nitrogen and oxygen atoms in total. The van der Waals surface area contributed by atoms with Gasteiger partial charge in [-0.25, -0.2) is 0 Å². The summed E-state index contributed by atoms with van der Waals surface area (Å²) in [7, 11) is 0. The van der Waals surface area contributed by atoms with Crippen molar-refractivity contribution >= 4 is 17.6 Å². The zero-order valence-corrected chi connectivity index (χ0v) is 10.4. The first kappa shape index (κ1) is 12.2. The number of nitrogens with zero attached hydrogens (tertiary/aromatic N) is 2. The van der Waals surface area contributed by atoms with Gasteiger partial charge in [-0.1, -0.05) is 18.2 Å². The van der Waals surface area contributed by atoms with Gasteiger partial charge < -0.3 is 0 Å². The maximum Gasteiger partial charge on any atom is 0.261 e. The molecule has 3 rings (SSSR count). The lowest BCUT2D eigenvalue weighted by Crippen LogP contribution is -2.35. The molecule has 0 aliphatic carbocycles. The van der Waals surface area contributed by atoms with Crippen molar-refractivity contribution in [1.29, 1.82) is 0 Å². The lowest BCUT2D eigenvalue weighted by Gasteiger charge is -2.12. The fraction of sp³-hybridized carbons (Fsp3) is 0.0667. The molecule has 0 spiro atoms. The second-order valence-electron chi connectivity index (χ2n) is 4.38. The lowest BCUT2D eigenvalue weighted by molar-refractivity contribution is 0.0623. The smallest absolute Gasteiger partial charge is 0.261 e. The van der Waals surface area contributed by atoms with Crippen molar-refractivity contribution in [2.24, 2.45) is 0 Å². The fourth-order valence-electron chi connectivity index (χ4n) is 2.14. The first-order chi connectivity index (χ1) is 9.68. The molecule has 0 fully saturated rings. The minimum atomic E-state index is -0.435. The quantitative estimate of drug-likeness (QED) is 0.624. The third-order valence-corrected chi connectivity index (χ3v) is 3.13. The summed E-state index contributed by atoms with van der Waals surface area (Å²) >= 11 is 0. The van der Waals surface area contributed by atoms with E-state index in [9.17, 15) is 14.4 Å². The van der Waals surface area contributed by atoms with Gasteiger partial charge >= 0.3 is 0 Å². The molecule has 0 N–H and O–H groups in total. The van der Waals surface area contributed by atoms with Crippen LogP contribution >= 0.6 is 0 Å². The standard InChI is InChI=1S/C15H10N2O3/c18-13(12-7-3-4-8-16-12)9-17-14(19)10-5-1-2-6-11(10)15(17)20/h1-8H,9H2. The zero-order chi connectivity index (χ0) is 14.1. The summed E-state index contributed by atoms with van der Waals surface area (Å²) in [4.78, 5) is 41.1. The number of amides is 2. The first-order valence-electron chi connectivity index (χ1n) is 6.08. The Kier molecular flexibility index (Phi) is 2.87. The maximum atomic E-state index is 12.1. The SMILES string of the molecule is O=C(CN1C(=O)c2ccccc2C1=O)c1ccccn1. The minimum Gasteiger partial charge on any atom is -0.290 e. The predicted molar refractivity (Wildman–Crippen MR) is 70.4 cm³/mol. The summed E-state index contributed by atoms with van der Waals surface area (Å²) < 4.78 is 0. The van der Waals surface area contributed by atoms with Crippen LogP contribution in [0.5, 0.6) is 0 Å². The Bertz CT molecular complexity index is 675. The second-order valence-corrected chi connectivity index (χ2v) is 4.38. The van der Waals surface area contributed by atoms with Gasteiger partial charge in [-0.05, 0) is 24.3 Å². The van der Waals surface area contributed by atoms with Crippen molar-refractivity contribution in [2.75, 3.05) is 6.54 Å². The van der Waals surface area contributed by atoms with Gasteiger partial charge in [0.05, 0.1) is 17.7 Å². The number of hydrogen-bond acceptors (Lipinski definition) is 4. The molecule has 20 heavy (non-hydrogen) atoms. The Labute approximate surface area is 114 Å². The molecule has 0 saturated carbocycles. The average molecular weight is 266 g/mol. The number of hydrogen-bond donors (Lipinski definition) is 0. The molecule has 0 atom stereocenters. The van der Waals surface area contributed by atoms with E-state index in [1.165, 1.54) is 6.20 Å². The molecular formula is C15H10N2O3. The zero-order valence-electron chi connectivity index (χ0n) is 10.4. The van der Waals surface area contributed by atoms with Gasteiger partial charge in [-0.2, -0.15) is 0 Å². The Balaban J connectivity index is 1.86. The molecule has 1 aromatic carbocycles. The van der Waals surface area contributed by atoms with Gasteiger partial charge in [0, 0.05) is 6.20 Å². The first-order valence-corrected chi connectivity index (χ1v) is 6.08.